The number of sulfonamides is 1. The number of rotatable bonds is 8. The summed E-state index contributed by atoms with van der Waals surface area (Å²) in [5, 5.41) is 2.81. The van der Waals surface area contributed by atoms with E-state index in [2.05, 4.69) is 10.3 Å². The van der Waals surface area contributed by atoms with Crippen LogP contribution in [-0.2, 0) is 10.0 Å². The second-order valence-corrected chi connectivity index (χ2v) is 9.06. The number of carbonyl (C=O) groups excluding carboxylic acids is 1. The fourth-order valence-electron chi connectivity index (χ4n) is 3.25. The Bertz CT molecular complexity index is 1210. The highest BCUT2D eigenvalue weighted by Gasteiger charge is 2.27. The summed E-state index contributed by atoms with van der Waals surface area (Å²) >= 11 is 0. The van der Waals surface area contributed by atoms with Gasteiger partial charge in [-0.1, -0.05) is 19.9 Å². The molecule has 3 aromatic rings. The monoisotopic (exact) mass is 457 g/mol. The zero-order chi connectivity index (χ0) is 23.5. The molecule has 3 rings (SSSR count). The van der Waals surface area contributed by atoms with Crippen molar-refractivity contribution in [3.8, 4) is 17.2 Å². The molecule has 8 nitrogen and oxygen atoms in total. The van der Waals surface area contributed by atoms with Crippen LogP contribution in [0.25, 0.3) is 11.5 Å². The first kappa shape index (κ1) is 23.5. The highest BCUT2D eigenvalue weighted by Crippen LogP contribution is 2.29. The Balaban J connectivity index is 1.91. The summed E-state index contributed by atoms with van der Waals surface area (Å²) in [6.45, 7) is 7.84. The van der Waals surface area contributed by atoms with Crippen LogP contribution in [0.15, 0.2) is 51.8 Å². The summed E-state index contributed by atoms with van der Waals surface area (Å²) in [5.74, 6) is 0.938. The maximum absolute atomic E-state index is 13.0. The Morgan fingerprint density at radius 3 is 2.44 bits per heavy atom. The van der Waals surface area contributed by atoms with E-state index in [9.17, 15) is 13.2 Å². The molecule has 2 aromatic carbocycles. The number of ether oxygens (including phenoxy) is 1. The predicted molar refractivity (Wildman–Crippen MR) is 122 cm³/mol. The topological polar surface area (TPSA) is 102 Å². The van der Waals surface area contributed by atoms with Gasteiger partial charge >= 0.3 is 0 Å². The number of anilines is 1. The maximum atomic E-state index is 13.0. The first-order chi connectivity index (χ1) is 15.2. The van der Waals surface area contributed by atoms with Crippen molar-refractivity contribution < 1.29 is 22.4 Å². The van der Waals surface area contributed by atoms with Crippen molar-refractivity contribution in [3.63, 3.8) is 0 Å². The van der Waals surface area contributed by atoms with E-state index in [-0.39, 0.29) is 16.2 Å². The van der Waals surface area contributed by atoms with Gasteiger partial charge in [0.05, 0.1) is 12.8 Å². The number of benzene rings is 2. The number of carbonyl (C=O) groups is 1. The second-order valence-electron chi connectivity index (χ2n) is 7.15. The molecule has 0 saturated heterocycles. The van der Waals surface area contributed by atoms with Crippen LogP contribution >= 0.6 is 0 Å². The number of oxazole rings is 1. The van der Waals surface area contributed by atoms with Crippen LogP contribution in [-0.4, -0.2) is 43.8 Å². The highest BCUT2D eigenvalue weighted by atomic mass is 32.2. The molecule has 0 unspecified atom stereocenters. The van der Waals surface area contributed by atoms with Crippen LogP contribution in [0, 0.1) is 13.8 Å². The van der Waals surface area contributed by atoms with E-state index in [1.807, 2.05) is 19.9 Å². The summed E-state index contributed by atoms with van der Waals surface area (Å²) in [4.78, 5) is 17.2. The zero-order valence-electron chi connectivity index (χ0n) is 18.8. The first-order valence-corrected chi connectivity index (χ1v) is 11.7. The highest BCUT2D eigenvalue weighted by molar-refractivity contribution is 7.89. The van der Waals surface area contributed by atoms with Gasteiger partial charge in [0.2, 0.25) is 15.9 Å². The van der Waals surface area contributed by atoms with Crippen LogP contribution in [0.2, 0.25) is 0 Å². The van der Waals surface area contributed by atoms with Gasteiger partial charge in [-0.15, -0.1) is 0 Å². The summed E-state index contributed by atoms with van der Waals surface area (Å²) in [5.41, 5.74) is 2.25. The lowest BCUT2D eigenvalue weighted by Gasteiger charge is -2.20. The lowest BCUT2D eigenvalue weighted by atomic mass is 10.1. The smallest absolute Gasteiger partial charge is 0.255 e. The molecule has 0 atom stereocenters. The Morgan fingerprint density at radius 2 is 1.84 bits per heavy atom. The minimum Gasteiger partial charge on any atom is -0.495 e. The molecule has 170 valence electrons. The summed E-state index contributed by atoms with van der Waals surface area (Å²) in [6, 6.07) is 11.5. The van der Waals surface area contributed by atoms with Crippen molar-refractivity contribution in [3.05, 3.63) is 59.5 Å². The minimum atomic E-state index is -3.81. The third kappa shape index (κ3) is 4.68. The van der Waals surface area contributed by atoms with E-state index in [0.29, 0.717) is 24.7 Å². The molecular weight excluding hydrogens is 430 g/mol. The molecule has 9 heteroatoms. The number of nitrogens with one attached hydrogen (secondary N) is 1. The number of methoxy groups -OCH3 is 1. The van der Waals surface area contributed by atoms with Gasteiger partial charge in [-0.2, -0.15) is 4.31 Å². The van der Waals surface area contributed by atoms with E-state index >= 15 is 0 Å². The molecule has 0 fully saturated rings. The summed E-state index contributed by atoms with van der Waals surface area (Å²) in [7, 11) is -2.41. The third-order valence-corrected chi connectivity index (χ3v) is 7.22. The molecule has 32 heavy (non-hydrogen) atoms. The Labute approximate surface area is 188 Å². The molecule has 0 aliphatic heterocycles. The first-order valence-electron chi connectivity index (χ1n) is 10.2. The van der Waals surface area contributed by atoms with Crippen LogP contribution < -0.4 is 10.1 Å². The predicted octanol–water partition coefficient (Wildman–Crippen LogP) is 4.25. The fourth-order valence-corrected chi connectivity index (χ4v) is 4.89. The van der Waals surface area contributed by atoms with Gasteiger partial charge in [-0.05, 0) is 50.2 Å². The van der Waals surface area contributed by atoms with Crippen molar-refractivity contribution in [2.75, 3.05) is 25.5 Å². The molecule has 0 bridgehead atoms. The number of aromatic nitrogens is 1. The molecule has 1 heterocycles. The lowest BCUT2D eigenvalue weighted by Crippen LogP contribution is -2.31. The molecule has 0 spiro atoms. The molecular formula is C23H27N3O5S. The van der Waals surface area contributed by atoms with Gasteiger partial charge < -0.3 is 14.5 Å². The van der Waals surface area contributed by atoms with Crippen molar-refractivity contribution >= 4 is 21.6 Å². The molecule has 1 N–H and O–H groups in total. The van der Waals surface area contributed by atoms with Gasteiger partial charge in [-0.3, -0.25) is 4.79 Å². The average Bonchev–Trinajstić information content (AvgIpc) is 3.12. The van der Waals surface area contributed by atoms with Gasteiger partial charge in [0, 0.05) is 29.9 Å². The largest absolute Gasteiger partial charge is 0.495 e. The van der Waals surface area contributed by atoms with Gasteiger partial charge in [-0.25, -0.2) is 13.4 Å². The molecule has 1 amide bonds. The van der Waals surface area contributed by atoms with E-state index < -0.39 is 15.9 Å². The van der Waals surface area contributed by atoms with Gasteiger partial charge in [0.1, 0.15) is 16.4 Å². The maximum Gasteiger partial charge on any atom is 0.255 e. The molecule has 0 radical (unpaired) electrons. The standard InChI is InChI=1S/C23H27N3O5S/c1-6-26(7-2)32(28,29)21-14-17(11-12-20(21)30-5)22(27)25-19-10-8-9-18(13-19)23-24-15(3)16(4)31-23/h8-14H,6-7H2,1-5H3,(H,25,27). The molecule has 0 aliphatic rings. The zero-order valence-corrected chi connectivity index (χ0v) is 19.6. The SMILES string of the molecule is CCN(CC)S(=O)(=O)c1cc(C(=O)Nc2cccc(-c3nc(C)c(C)o3)c2)ccc1OC. The fraction of sp³-hybridized carbons (Fsp3) is 0.304. The normalized spacial score (nSPS) is 11.6. The van der Waals surface area contributed by atoms with Crippen LogP contribution in [0.4, 0.5) is 5.69 Å². The number of nitrogens with zero attached hydrogens (tertiary/aromatic N) is 2. The van der Waals surface area contributed by atoms with Crippen molar-refractivity contribution in [1.29, 1.82) is 0 Å². The van der Waals surface area contributed by atoms with E-state index in [1.54, 1.807) is 32.0 Å². The third-order valence-electron chi connectivity index (χ3n) is 5.14. The Hall–Kier alpha value is -3.17. The number of amides is 1. The minimum absolute atomic E-state index is 0.0455. The van der Waals surface area contributed by atoms with Crippen LogP contribution in [0.3, 0.4) is 0 Å². The molecule has 0 saturated carbocycles. The number of hydrogen-bond acceptors (Lipinski definition) is 6. The summed E-state index contributed by atoms with van der Waals surface area (Å²) in [6.07, 6.45) is 0. The Morgan fingerprint density at radius 1 is 1.12 bits per heavy atom. The second kappa shape index (κ2) is 9.54. The number of aryl methyl sites for hydroxylation is 2. The Kier molecular flexibility index (Phi) is 7.00. The quantitative estimate of drug-likeness (QED) is 0.543. The van der Waals surface area contributed by atoms with Crippen LogP contribution in [0.5, 0.6) is 5.75 Å². The lowest BCUT2D eigenvalue weighted by molar-refractivity contribution is 0.102. The molecule has 0 aliphatic carbocycles. The van der Waals surface area contributed by atoms with E-state index in [0.717, 1.165) is 17.0 Å². The summed E-state index contributed by atoms with van der Waals surface area (Å²) < 4.78 is 38.3. The number of hydrogen-bond donors (Lipinski definition) is 1. The molecule has 1 aromatic heterocycles. The average molecular weight is 458 g/mol. The van der Waals surface area contributed by atoms with Gasteiger partial charge in [0.25, 0.3) is 5.91 Å². The van der Waals surface area contributed by atoms with Crippen molar-refractivity contribution in [1.82, 2.24) is 9.29 Å². The van der Waals surface area contributed by atoms with E-state index in [4.69, 9.17) is 9.15 Å². The van der Waals surface area contributed by atoms with Crippen molar-refractivity contribution in [2.45, 2.75) is 32.6 Å². The van der Waals surface area contributed by atoms with Crippen LogP contribution in [0.1, 0.15) is 35.7 Å². The van der Waals surface area contributed by atoms with E-state index in [1.165, 1.54) is 29.6 Å². The van der Waals surface area contributed by atoms with Gasteiger partial charge in [0.15, 0.2) is 0 Å². The van der Waals surface area contributed by atoms with Crippen molar-refractivity contribution in [2.24, 2.45) is 0 Å².